The van der Waals surface area contributed by atoms with Crippen molar-refractivity contribution in [2.75, 3.05) is 30.9 Å². The van der Waals surface area contributed by atoms with Crippen LogP contribution in [0.3, 0.4) is 0 Å². The number of allylic oxidation sites excluding steroid dienone is 9. The van der Waals surface area contributed by atoms with E-state index in [9.17, 15) is 74.8 Å². The molecular weight excluding hydrogens is 1030 g/mol. The van der Waals surface area contributed by atoms with Gasteiger partial charge in [-0.05, 0) is 115 Å². The number of rotatable bonds is 23. The molecule has 0 aromatic heterocycles. The number of fused-ring (bicyclic) bond motifs is 4. The predicted octanol–water partition coefficient (Wildman–Crippen LogP) is 7.78. The normalized spacial score (nSPS) is 17.6. The number of carbonyl (C=O) groups is 1. The van der Waals surface area contributed by atoms with Crippen LogP contribution in [0.15, 0.2) is 128 Å². The van der Waals surface area contributed by atoms with Crippen LogP contribution in [0.4, 0.5) is 5.69 Å². The molecule has 2 atom stereocenters. The molecule has 0 saturated heterocycles. The van der Waals surface area contributed by atoms with E-state index in [1.807, 2.05) is 11.8 Å². The number of aliphatic carboxylic acids is 1. The molecule has 71 heavy (non-hydrogen) atoms. The van der Waals surface area contributed by atoms with E-state index in [0.29, 0.717) is 71.6 Å². The first-order chi connectivity index (χ1) is 32.8. The Kier molecular flexibility index (Phi) is 17.2. The summed E-state index contributed by atoms with van der Waals surface area (Å²) in [6, 6.07) is 9.41. The number of carboxylic acid groups (broad SMARTS) is 1. The third-order valence-corrected chi connectivity index (χ3v) is 16.8. The van der Waals surface area contributed by atoms with Crippen molar-refractivity contribution in [2.45, 2.75) is 96.1 Å². The summed E-state index contributed by atoms with van der Waals surface area (Å²) in [5.74, 6) is -1.61. The minimum atomic E-state index is -5.06. The Morgan fingerprint density at radius 2 is 1.27 bits per heavy atom. The van der Waals surface area contributed by atoms with Gasteiger partial charge in [0.1, 0.15) is 9.79 Å². The fraction of sp³-hybridized carbons (Fsp3) is 0.340. The quantitative estimate of drug-likeness (QED) is 0.0234. The molecule has 6 N–H and O–H groups in total. The Hall–Kier alpha value is -5.12. The van der Waals surface area contributed by atoms with Crippen molar-refractivity contribution in [2.24, 2.45) is 0 Å². The molecule has 0 spiro atoms. The molecule has 386 valence electrons. The van der Waals surface area contributed by atoms with Crippen molar-refractivity contribution >= 4 is 83.8 Å². The van der Waals surface area contributed by atoms with Crippen molar-refractivity contribution in [3.8, 4) is 0 Å². The summed E-state index contributed by atoms with van der Waals surface area (Å²) in [6.45, 7) is 9.90. The van der Waals surface area contributed by atoms with Crippen molar-refractivity contribution in [1.82, 2.24) is 0 Å². The van der Waals surface area contributed by atoms with E-state index in [1.165, 1.54) is 25.3 Å². The van der Waals surface area contributed by atoms with Gasteiger partial charge in [0.2, 0.25) is 0 Å². The number of methoxy groups -OCH3 is 1. The Labute approximate surface area is 413 Å². The molecule has 1 heterocycles. The van der Waals surface area contributed by atoms with E-state index in [0.717, 1.165) is 12.1 Å². The van der Waals surface area contributed by atoms with Gasteiger partial charge < -0.3 is 14.7 Å². The first-order valence-corrected chi connectivity index (χ1v) is 29.1. The Bertz CT molecular complexity index is 3490. The van der Waals surface area contributed by atoms with Crippen molar-refractivity contribution in [3.63, 3.8) is 0 Å². The molecule has 0 aliphatic carbocycles. The molecule has 0 saturated carbocycles. The Balaban J connectivity index is 1.60. The second kappa shape index (κ2) is 21.5. The number of hydrogen-bond acceptors (Lipinski definition) is 13. The zero-order chi connectivity index (χ0) is 53.1. The topological polar surface area (TPSA) is 322 Å². The van der Waals surface area contributed by atoms with Crippen molar-refractivity contribution in [1.29, 1.82) is 0 Å². The highest BCUT2D eigenvalue weighted by Gasteiger charge is 2.45. The highest BCUT2D eigenvalue weighted by atomic mass is 32.2. The fourth-order valence-electron chi connectivity index (χ4n) is 9.21. The van der Waals surface area contributed by atoms with Gasteiger partial charge >= 0.3 is 5.97 Å². The van der Waals surface area contributed by atoms with Gasteiger partial charge in [0.25, 0.3) is 50.6 Å². The van der Waals surface area contributed by atoms with Crippen LogP contribution in [0, 0.1) is 6.92 Å². The number of hydrogen-bond donors (Lipinski definition) is 6. The van der Waals surface area contributed by atoms with E-state index in [2.05, 4.69) is 6.58 Å². The van der Waals surface area contributed by atoms with E-state index < -0.39 is 92.7 Å². The molecule has 0 fully saturated rings. The van der Waals surface area contributed by atoms with Crippen LogP contribution in [-0.4, -0.2) is 102 Å². The van der Waals surface area contributed by atoms with Crippen LogP contribution in [-0.2, 0) is 71.0 Å². The maximum absolute atomic E-state index is 12.6. The average Bonchev–Trinajstić information content (AvgIpc) is 3.48. The lowest BCUT2D eigenvalue weighted by atomic mass is 9.70. The second-order valence-electron chi connectivity index (χ2n) is 17.5. The lowest BCUT2D eigenvalue weighted by Gasteiger charge is -2.34. The second-order valence-corrected chi connectivity index (χ2v) is 24.7. The molecule has 24 heteroatoms. The van der Waals surface area contributed by atoms with E-state index >= 15 is 0 Å². The summed E-state index contributed by atoms with van der Waals surface area (Å²) in [5.41, 5.74) is 0.464. The minimum absolute atomic E-state index is 0.00484. The molecule has 5 rings (SSSR count). The van der Waals surface area contributed by atoms with Gasteiger partial charge in [0.05, 0.1) is 15.5 Å². The van der Waals surface area contributed by atoms with Gasteiger partial charge in [-0.25, -0.2) is 0 Å². The molecule has 0 bridgehead atoms. The highest BCUT2D eigenvalue weighted by molar-refractivity contribution is 7.87. The van der Waals surface area contributed by atoms with Gasteiger partial charge in [-0.1, -0.05) is 74.6 Å². The van der Waals surface area contributed by atoms with Crippen LogP contribution in [0.25, 0.3) is 21.5 Å². The fourth-order valence-corrected chi connectivity index (χ4v) is 12.4. The summed E-state index contributed by atoms with van der Waals surface area (Å²) in [4.78, 5) is 10.1. The predicted molar refractivity (Wildman–Crippen MR) is 267 cm³/mol. The lowest BCUT2D eigenvalue weighted by Crippen LogP contribution is -2.30. The number of anilines is 1. The molecular formula is C47H55NO18S5. The molecule has 2 unspecified atom stereocenters. The van der Waals surface area contributed by atoms with E-state index in [4.69, 9.17) is 4.74 Å². The monoisotopic (exact) mass is 1080 g/mol. The molecule has 4 aromatic rings. The first kappa shape index (κ1) is 56.8. The van der Waals surface area contributed by atoms with Crippen molar-refractivity contribution in [3.05, 3.63) is 126 Å². The Morgan fingerprint density at radius 1 is 0.718 bits per heavy atom. The van der Waals surface area contributed by atoms with Gasteiger partial charge in [-0.3, -0.25) is 27.6 Å². The van der Waals surface area contributed by atoms with E-state index in [-0.39, 0.29) is 53.8 Å². The Morgan fingerprint density at radius 3 is 1.82 bits per heavy atom. The molecule has 0 amide bonds. The largest absolute Gasteiger partial charge is 0.481 e. The summed E-state index contributed by atoms with van der Waals surface area (Å²) < 4.78 is 179. The van der Waals surface area contributed by atoms with Crippen LogP contribution in [0.5, 0.6) is 0 Å². The number of unbranched alkanes of at least 4 members (excludes halogenated alkanes) is 2. The van der Waals surface area contributed by atoms with Gasteiger partial charge in [0.15, 0.2) is 0 Å². The third kappa shape index (κ3) is 13.1. The summed E-state index contributed by atoms with van der Waals surface area (Å²) >= 11 is 0. The number of carboxylic acids is 1. The number of nitrogens with zero attached hydrogens (tertiary/aromatic N) is 1. The third-order valence-electron chi connectivity index (χ3n) is 12.6. The standard InChI is InChI=1S/C47H55NO18S5/c1-31-18-19-35-37(27-33(68(54,55)56)29-40(35)70(60,61)62)44(31)46(3,22-14-26-67(51,52)53)32(2)15-10-7-6-8-11-16-42-47(4,23-25-66-5)45-38-28-34(69(57,58)59)30-41(71(63,64)65)36(38)20-21-39(45)48(42)24-13-9-12-17-43(49)50/h6-8,10-11,15-16,18-21,27-30H,2,9,12-14,17,22-26H2,1,3-5H3,(H,49,50)(H,51,52,53)(H,54,55,56)(H,57,58,59)(H,60,61,62)(H,63,64,65)/b7-6+,11-8+,15-10+,42-16+. The van der Waals surface area contributed by atoms with Crippen LogP contribution >= 0.6 is 0 Å². The van der Waals surface area contributed by atoms with Gasteiger partial charge in [-0.15, -0.1) is 0 Å². The minimum Gasteiger partial charge on any atom is -0.481 e. The summed E-state index contributed by atoms with van der Waals surface area (Å²) in [6.07, 6.45) is 13.1. The van der Waals surface area contributed by atoms with Crippen LogP contribution < -0.4 is 4.90 Å². The molecule has 0 radical (unpaired) electrons. The summed E-state index contributed by atoms with van der Waals surface area (Å²) in [7, 11) is -23.1. The van der Waals surface area contributed by atoms with E-state index in [1.54, 1.807) is 62.4 Å². The smallest absolute Gasteiger partial charge is 0.303 e. The number of aryl methyl sites for hydroxylation is 1. The maximum atomic E-state index is 12.6. The number of benzene rings is 4. The maximum Gasteiger partial charge on any atom is 0.303 e. The molecule has 4 aromatic carbocycles. The van der Waals surface area contributed by atoms with Crippen LogP contribution in [0.1, 0.15) is 75.5 Å². The van der Waals surface area contributed by atoms with Gasteiger partial charge in [-0.2, -0.15) is 42.1 Å². The molecule has 1 aliphatic heterocycles. The number of ether oxygens (including phenoxy) is 1. The van der Waals surface area contributed by atoms with Gasteiger partial charge in [0, 0.05) is 59.7 Å². The highest BCUT2D eigenvalue weighted by Crippen LogP contribution is 2.54. The average molecular weight is 1080 g/mol. The molecule has 19 nitrogen and oxygen atoms in total. The lowest BCUT2D eigenvalue weighted by molar-refractivity contribution is -0.137. The van der Waals surface area contributed by atoms with Crippen LogP contribution in [0.2, 0.25) is 0 Å². The molecule has 1 aliphatic rings. The first-order valence-electron chi connectivity index (χ1n) is 21.7. The SMILES string of the molecule is C=C(/C=C/C=C/C=C/C=C1/N(CCCCCC(=O)O)c2ccc3c(S(=O)(=O)O)cc(S(=O)(=O)O)cc3c2C1(C)CCOC)C(C)(CCCS(=O)(=O)O)c1c(C)ccc2c(S(=O)(=O)O)cc(S(=O)(=O)O)cc12. The summed E-state index contributed by atoms with van der Waals surface area (Å²) in [5, 5.41) is 9.22. The zero-order valence-electron chi connectivity index (χ0n) is 39.0. The zero-order valence-corrected chi connectivity index (χ0v) is 43.1. The van der Waals surface area contributed by atoms with Crippen molar-refractivity contribution < 1.29 is 79.5 Å².